The number of hydrogen-bond donors (Lipinski definition) is 0. The van der Waals surface area contributed by atoms with Gasteiger partial charge in [0.15, 0.2) is 0 Å². The van der Waals surface area contributed by atoms with E-state index in [9.17, 15) is 9.18 Å². The largest absolute Gasteiger partial charge is 0.465 e. The molecule has 4 nitrogen and oxygen atoms in total. The van der Waals surface area contributed by atoms with Gasteiger partial charge in [-0.2, -0.15) is 5.26 Å². The van der Waals surface area contributed by atoms with Gasteiger partial charge in [-0.05, 0) is 37.7 Å². The molecule has 0 aliphatic rings. The summed E-state index contributed by atoms with van der Waals surface area (Å²) in [6.45, 7) is 2.49. The van der Waals surface area contributed by atoms with E-state index in [1.807, 2.05) is 6.07 Å². The molecule has 0 heterocycles. The molecule has 1 rings (SSSR count). The van der Waals surface area contributed by atoms with Crippen LogP contribution in [0.3, 0.4) is 0 Å². The number of halogens is 1. The molecular weight excluding hydrogens is 235 g/mol. The smallest absolute Gasteiger partial charge is 0.320 e. The van der Waals surface area contributed by atoms with E-state index in [4.69, 9.17) is 10.00 Å². The standard InChI is InChI=1S/C13H15FN2O2/c1-3-18-13(17)9-16(2)8-11-6-12(14)5-4-10(11)7-15/h4-6H,3,8-9H2,1-2H3. The number of ether oxygens (including phenoxy) is 1. The molecular formula is C13H15FN2O2. The van der Waals surface area contributed by atoms with Crippen molar-refractivity contribution in [3.05, 3.63) is 35.1 Å². The van der Waals surface area contributed by atoms with Crippen LogP contribution >= 0.6 is 0 Å². The number of hydrogen-bond acceptors (Lipinski definition) is 4. The van der Waals surface area contributed by atoms with Gasteiger partial charge < -0.3 is 4.74 Å². The Balaban J connectivity index is 2.69. The van der Waals surface area contributed by atoms with Gasteiger partial charge in [0, 0.05) is 6.54 Å². The Morgan fingerprint density at radius 3 is 2.89 bits per heavy atom. The lowest BCUT2D eigenvalue weighted by Gasteiger charge is -2.16. The summed E-state index contributed by atoms with van der Waals surface area (Å²) in [6.07, 6.45) is 0. The van der Waals surface area contributed by atoms with E-state index in [1.54, 1.807) is 18.9 Å². The Morgan fingerprint density at radius 1 is 1.56 bits per heavy atom. The monoisotopic (exact) mass is 250 g/mol. The number of likely N-dealkylation sites (N-methyl/N-ethyl adjacent to an activating group) is 1. The fourth-order valence-corrected chi connectivity index (χ4v) is 1.58. The second-order valence-corrected chi connectivity index (χ2v) is 3.89. The van der Waals surface area contributed by atoms with Crippen molar-refractivity contribution in [1.29, 1.82) is 5.26 Å². The highest BCUT2D eigenvalue weighted by molar-refractivity contribution is 5.71. The highest BCUT2D eigenvalue weighted by atomic mass is 19.1. The summed E-state index contributed by atoms with van der Waals surface area (Å²) in [5.74, 6) is -0.733. The maximum Gasteiger partial charge on any atom is 0.320 e. The fraction of sp³-hybridized carbons (Fsp3) is 0.385. The molecule has 0 N–H and O–H groups in total. The summed E-state index contributed by atoms with van der Waals surface area (Å²) >= 11 is 0. The van der Waals surface area contributed by atoms with Crippen LogP contribution < -0.4 is 0 Å². The summed E-state index contributed by atoms with van der Waals surface area (Å²) < 4.78 is 17.9. The molecule has 0 unspecified atom stereocenters. The molecule has 0 saturated carbocycles. The van der Waals surface area contributed by atoms with Gasteiger partial charge in [0.1, 0.15) is 5.82 Å². The Labute approximate surface area is 106 Å². The van der Waals surface area contributed by atoms with Gasteiger partial charge >= 0.3 is 5.97 Å². The predicted octanol–water partition coefficient (Wildman–Crippen LogP) is 1.69. The van der Waals surface area contributed by atoms with Crippen molar-refractivity contribution in [1.82, 2.24) is 4.90 Å². The Morgan fingerprint density at radius 2 is 2.28 bits per heavy atom. The maximum absolute atomic E-state index is 13.1. The number of esters is 1. The summed E-state index contributed by atoms with van der Waals surface area (Å²) in [5.41, 5.74) is 0.969. The molecule has 5 heteroatoms. The Kier molecular flexibility index (Phi) is 5.28. The van der Waals surface area contributed by atoms with E-state index in [-0.39, 0.29) is 12.5 Å². The number of carbonyl (C=O) groups is 1. The molecule has 0 amide bonds. The van der Waals surface area contributed by atoms with Gasteiger partial charge in [-0.25, -0.2) is 4.39 Å². The third-order valence-electron chi connectivity index (χ3n) is 2.33. The molecule has 0 saturated heterocycles. The lowest BCUT2D eigenvalue weighted by molar-refractivity contribution is -0.144. The molecule has 0 aliphatic heterocycles. The Bertz CT molecular complexity index is 469. The van der Waals surface area contributed by atoms with Crippen molar-refractivity contribution >= 4 is 5.97 Å². The van der Waals surface area contributed by atoms with Crippen LogP contribution in [0.4, 0.5) is 4.39 Å². The van der Waals surface area contributed by atoms with Gasteiger partial charge in [0.25, 0.3) is 0 Å². The molecule has 0 fully saturated rings. The third-order valence-corrected chi connectivity index (χ3v) is 2.33. The van der Waals surface area contributed by atoms with E-state index in [2.05, 4.69) is 0 Å². The van der Waals surface area contributed by atoms with E-state index < -0.39 is 5.82 Å². The van der Waals surface area contributed by atoms with E-state index in [1.165, 1.54) is 18.2 Å². The van der Waals surface area contributed by atoms with Crippen LogP contribution in [0.5, 0.6) is 0 Å². The summed E-state index contributed by atoms with van der Waals surface area (Å²) in [6, 6.07) is 5.98. The SMILES string of the molecule is CCOC(=O)CN(C)Cc1cc(F)ccc1C#N. The molecule has 0 spiro atoms. The molecule has 96 valence electrons. The van der Waals surface area contributed by atoms with Crippen molar-refractivity contribution in [3.63, 3.8) is 0 Å². The topological polar surface area (TPSA) is 53.3 Å². The number of carbonyl (C=O) groups excluding carboxylic acids is 1. The van der Waals surface area contributed by atoms with Gasteiger partial charge in [0.2, 0.25) is 0 Å². The average molecular weight is 250 g/mol. The minimum Gasteiger partial charge on any atom is -0.465 e. The van der Waals surface area contributed by atoms with Crippen molar-refractivity contribution in [2.75, 3.05) is 20.2 Å². The Hall–Kier alpha value is -1.93. The molecule has 18 heavy (non-hydrogen) atoms. The van der Waals surface area contributed by atoms with Crippen molar-refractivity contribution in [2.45, 2.75) is 13.5 Å². The van der Waals surface area contributed by atoms with Crippen molar-refractivity contribution < 1.29 is 13.9 Å². The van der Waals surface area contributed by atoms with Crippen molar-refractivity contribution in [3.8, 4) is 6.07 Å². The van der Waals surface area contributed by atoms with Gasteiger partial charge in [-0.15, -0.1) is 0 Å². The molecule has 1 aromatic carbocycles. The van der Waals surface area contributed by atoms with Crippen molar-refractivity contribution in [2.24, 2.45) is 0 Å². The lowest BCUT2D eigenvalue weighted by Crippen LogP contribution is -2.27. The minimum atomic E-state index is -0.395. The number of nitriles is 1. The number of benzene rings is 1. The fourth-order valence-electron chi connectivity index (χ4n) is 1.58. The van der Waals surface area contributed by atoms with Crippen LogP contribution in [0.1, 0.15) is 18.1 Å². The zero-order chi connectivity index (χ0) is 13.5. The highest BCUT2D eigenvalue weighted by Crippen LogP contribution is 2.12. The lowest BCUT2D eigenvalue weighted by atomic mass is 10.1. The third kappa shape index (κ3) is 4.15. The summed E-state index contributed by atoms with van der Waals surface area (Å²) in [5, 5.41) is 8.91. The highest BCUT2D eigenvalue weighted by Gasteiger charge is 2.10. The summed E-state index contributed by atoms with van der Waals surface area (Å²) in [7, 11) is 1.71. The minimum absolute atomic E-state index is 0.106. The average Bonchev–Trinajstić information content (AvgIpc) is 2.29. The van der Waals surface area contributed by atoms with E-state index >= 15 is 0 Å². The van der Waals surface area contributed by atoms with Gasteiger partial charge in [-0.3, -0.25) is 9.69 Å². The molecule has 0 aromatic heterocycles. The number of rotatable bonds is 5. The zero-order valence-corrected chi connectivity index (χ0v) is 10.4. The number of nitrogens with zero attached hydrogens (tertiary/aromatic N) is 2. The molecule has 0 aliphatic carbocycles. The second kappa shape index (κ2) is 6.72. The van der Waals surface area contributed by atoms with Crippen LogP contribution in [0.25, 0.3) is 0 Å². The van der Waals surface area contributed by atoms with Gasteiger partial charge in [0.05, 0.1) is 24.8 Å². The summed E-state index contributed by atoms with van der Waals surface area (Å²) in [4.78, 5) is 12.9. The quantitative estimate of drug-likeness (QED) is 0.746. The molecule has 0 bridgehead atoms. The first kappa shape index (κ1) is 14.1. The van der Waals surface area contributed by atoms with Crippen LogP contribution in [-0.4, -0.2) is 31.1 Å². The van der Waals surface area contributed by atoms with E-state index in [0.717, 1.165) is 0 Å². The molecule has 0 radical (unpaired) electrons. The van der Waals surface area contributed by atoms with E-state index in [0.29, 0.717) is 24.3 Å². The maximum atomic E-state index is 13.1. The zero-order valence-electron chi connectivity index (χ0n) is 10.4. The van der Waals surface area contributed by atoms with Gasteiger partial charge in [-0.1, -0.05) is 0 Å². The first-order valence-electron chi connectivity index (χ1n) is 5.59. The van der Waals surface area contributed by atoms with Crippen LogP contribution in [0, 0.1) is 17.1 Å². The molecule has 1 aromatic rings. The van der Waals surface area contributed by atoms with Crippen LogP contribution in [0.15, 0.2) is 18.2 Å². The predicted molar refractivity (Wildman–Crippen MR) is 64.1 cm³/mol. The van der Waals surface area contributed by atoms with Crippen LogP contribution in [-0.2, 0) is 16.1 Å². The normalized spacial score (nSPS) is 10.2. The first-order valence-corrected chi connectivity index (χ1v) is 5.59. The first-order chi connectivity index (χ1) is 8.56. The molecule has 0 atom stereocenters. The van der Waals surface area contributed by atoms with Crippen LogP contribution in [0.2, 0.25) is 0 Å². The second-order valence-electron chi connectivity index (χ2n) is 3.89.